The Morgan fingerprint density at radius 2 is 1.23 bits per heavy atom. The number of hydrogen-bond donors (Lipinski definition) is 0. The highest BCUT2D eigenvalue weighted by atomic mass is 16.5. The summed E-state index contributed by atoms with van der Waals surface area (Å²) in [5.74, 6) is -0.272. The van der Waals surface area contributed by atoms with Crippen LogP contribution in [0.25, 0.3) is 0 Å². The van der Waals surface area contributed by atoms with Crippen molar-refractivity contribution in [1.82, 2.24) is 0 Å². The molecule has 0 unspecified atom stereocenters. The Labute approximate surface area is 155 Å². The molecule has 0 saturated heterocycles. The summed E-state index contributed by atoms with van der Waals surface area (Å²) >= 11 is 0. The van der Waals surface area contributed by atoms with Crippen molar-refractivity contribution in [2.45, 2.75) is 24.7 Å². The van der Waals surface area contributed by atoms with Crippen LogP contribution < -0.4 is 0 Å². The minimum Gasteiger partial charge on any atom is -0.468 e. The number of benzene rings is 3. The van der Waals surface area contributed by atoms with E-state index in [0.29, 0.717) is 0 Å². The van der Waals surface area contributed by atoms with Crippen molar-refractivity contribution < 1.29 is 9.53 Å². The molecule has 0 amide bonds. The molecule has 0 fully saturated rings. The molecule has 2 nitrogen and oxygen atoms in total. The summed E-state index contributed by atoms with van der Waals surface area (Å²) in [4.78, 5) is 13.4. The van der Waals surface area contributed by atoms with Gasteiger partial charge in [0.2, 0.25) is 0 Å². The van der Waals surface area contributed by atoms with Gasteiger partial charge in [0.05, 0.1) is 7.11 Å². The van der Waals surface area contributed by atoms with Crippen LogP contribution in [0.1, 0.15) is 36.0 Å². The standard InChI is InChI=1S/C24H24O2/c1-3-22(19-13-7-4-8-14-19)24(23(25)26-2,20-15-9-5-10-16-20)21-17-11-6-12-18-21/h4-18,22H,3H2,1-2H3/t22-/m0/s1. The van der Waals surface area contributed by atoms with Crippen molar-refractivity contribution >= 4 is 5.97 Å². The van der Waals surface area contributed by atoms with Gasteiger partial charge in [-0.05, 0) is 23.1 Å². The topological polar surface area (TPSA) is 26.3 Å². The summed E-state index contributed by atoms with van der Waals surface area (Å²) < 4.78 is 5.39. The molecule has 2 heteroatoms. The maximum atomic E-state index is 13.4. The maximum absolute atomic E-state index is 13.4. The zero-order chi connectivity index (χ0) is 18.4. The summed E-state index contributed by atoms with van der Waals surface area (Å²) in [6.07, 6.45) is 0.808. The fourth-order valence-corrected chi connectivity index (χ4v) is 3.99. The van der Waals surface area contributed by atoms with E-state index in [9.17, 15) is 4.79 Å². The van der Waals surface area contributed by atoms with Gasteiger partial charge in [-0.3, -0.25) is 4.79 Å². The number of methoxy groups -OCH3 is 1. The molecule has 0 aliphatic carbocycles. The molecule has 3 rings (SSSR count). The molecule has 0 aliphatic rings. The van der Waals surface area contributed by atoms with E-state index in [2.05, 4.69) is 19.1 Å². The molecule has 0 radical (unpaired) electrons. The van der Waals surface area contributed by atoms with Gasteiger partial charge in [-0.2, -0.15) is 0 Å². The predicted octanol–water partition coefficient (Wildman–Crippen LogP) is 5.34. The van der Waals surface area contributed by atoms with E-state index >= 15 is 0 Å². The highest BCUT2D eigenvalue weighted by Crippen LogP contribution is 2.47. The number of rotatable bonds is 6. The first-order valence-electron chi connectivity index (χ1n) is 8.99. The second-order valence-corrected chi connectivity index (χ2v) is 6.40. The second kappa shape index (κ2) is 8.01. The van der Waals surface area contributed by atoms with Crippen LogP contribution in [0, 0.1) is 0 Å². The monoisotopic (exact) mass is 344 g/mol. The third-order valence-corrected chi connectivity index (χ3v) is 5.10. The summed E-state index contributed by atoms with van der Waals surface area (Å²) in [5.41, 5.74) is 2.14. The van der Waals surface area contributed by atoms with Gasteiger partial charge >= 0.3 is 5.97 Å². The molecule has 26 heavy (non-hydrogen) atoms. The van der Waals surface area contributed by atoms with Gasteiger partial charge in [0.1, 0.15) is 5.41 Å². The van der Waals surface area contributed by atoms with Crippen LogP contribution in [0.4, 0.5) is 0 Å². The molecule has 0 aromatic heterocycles. The molecule has 0 aliphatic heterocycles. The molecule has 0 saturated carbocycles. The first-order valence-corrected chi connectivity index (χ1v) is 8.99. The minimum atomic E-state index is -0.895. The van der Waals surface area contributed by atoms with E-state index in [1.807, 2.05) is 78.9 Å². The number of carbonyl (C=O) groups excluding carboxylic acids is 1. The van der Waals surface area contributed by atoms with Crippen LogP contribution in [0.5, 0.6) is 0 Å². The molecular weight excluding hydrogens is 320 g/mol. The van der Waals surface area contributed by atoms with Gasteiger partial charge in [-0.25, -0.2) is 0 Å². The molecular formula is C24H24O2. The molecule has 0 spiro atoms. The Morgan fingerprint density at radius 1 is 0.808 bits per heavy atom. The van der Waals surface area contributed by atoms with Crippen LogP contribution >= 0.6 is 0 Å². The Bertz CT molecular complexity index is 786. The Balaban J connectivity index is 2.35. The van der Waals surface area contributed by atoms with Crippen LogP contribution in [0.2, 0.25) is 0 Å². The highest BCUT2D eigenvalue weighted by molar-refractivity contribution is 5.89. The van der Waals surface area contributed by atoms with E-state index in [1.165, 1.54) is 7.11 Å². The molecule has 0 heterocycles. The average Bonchev–Trinajstić information content (AvgIpc) is 2.73. The number of esters is 1. The zero-order valence-electron chi connectivity index (χ0n) is 15.3. The number of carbonyl (C=O) groups is 1. The lowest BCUT2D eigenvalue weighted by Gasteiger charge is -2.39. The van der Waals surface area contributed by atoms with Crippen LogP contribution in [-0.2, 0) is 14.9 Å². The Morgan fingerprint density at radius 3 is 1.62 bits per heavy atom. The summed E-state index contributed by atoms with van der Waals surface area (Å²) in [7, 11) is 1.47. The lowest BCUT2D eigenvalue weighted by molar-refractivity contribution is -0.146. The van der Waals surface area contributed by atoms with E-state index < -0.39 is 5.41 Å². The van der Waals surface area contributed by atoms with Crippen molar-refractivity contribution in [2.75, 3.05) is 7.11 Å². The van der Waals surface area contributed by atoms with Gasteiger partial charge < -0.3 is 4.74 Å². The molecule has 132 valence electrons. The fourth-order valence-electron chi connectivity index (χ4n) is 3.99. The summed E-state index contributed by atoms with van der Waals surface area (Å²) in [6, 6.07) is 30.2. The molecule has 3 aromatic rings. The van der Waals surface area contributed by atoms with Crippen molar-refractivity contribution in [3.8, 4) is 0 Å². The first-order chi connectivity index (χ1) is 12.7. The van der Waals surface area contributed by atoms with Crippen molar-refractivity contribution in [2.24, 2.45) is 0 Å². The third kappa shape index (κ3) is 3.03. The van der Waals surface area contributed by atoms with Gasteiger partial charge in [-0.15, -0.1) is 0 Å². The molecule has 0 N–H and O–H groups in total. The quantitative estimate of drug-likeness (QED) is 0.564. The first kappa shape index (κ1) is 17.9. The fraction of sp³-hybridized carbons (Fsp3) is 0.208. The number of hydrogen-bond acceptors (Lipinski definition) is 2. The zero-order valence-corrected chi connectivity index (χ0v) is 15.3. The largest absolute Gasteiger partial charge is 0.468 e. The van der Waals surface area contributed by atoms with E-state index in [1.54, 1.807) is 0 Å². The van der Waals surface area contributed by atoms with E-state index in [4.69, 9.17) is 4.74 Å². The molecule has 0 bridgehead atoms. The smallest absolute Gasteiger partial charge is 0.321 e. The number of ether oxygens (including phenoxy) is 1. The molecule has 3 aromatic carbocycles. The van der Waals surface area contributed by atoms with Crippen molar-refractivity contribution in [1.29, 1.82) is 0 Å². The van der Waals surface area contributed by atoms with Crippen molar-refractivity contribution in [3.63, 3.8) is 0 Å². The minimum absolute atomic E-state index is 0.0408. The van der Waals surface area contributed by atoms with E-state index in [-0.39, 0.29) is 11.9 Å². The second-order valence-electron chi connectivity index (χ2n) is 6.40. The van der Waals surface area contributed by atoms with Gasteiger partial charge in [0.15, 0.2) is 0 Å². The van der Waals surface area contributed by atoms with Crippen LogP contribution in [0.15, 0.2) is 91.0 Å². The lowest BCUT2D eigenvalue weighted by atomic mass is 9.62. The summed E-state index contributed by atoms with van der Waals surface area (Å²) in [6.45, 7) is 2.13. The summed E-state index contributed by atoms with van der Waals surface area (Å²) in [5, 5.41) is 0. The van der Waals surface area contributed by atoms with Crippen molar-refractivity contribution in [3.05, 3.63) is 108 Å². The predicted molar refractivity (Wildman–Crippen MR) is 105 cm³/mol. The lowest BCUT2D eigenvalue weighted by Crippen LogP contribution is -2.43. The van der Waals surface area contributed by atoms with Gasteiger partial charge in [0.25, 0.3) is 0 Å². The maximum Gasteiger partial charge on any atom is 0.321 e. The van der Waals surface area contributed by atoms with Gasteiger partial charge in [-0.1, -0.05) is 97.9 Å². The van der Waals surface area contributed by atoms with Gasteiger partial charge in [0, 0.05) is 5.92 Å². The Kier molecular flexibility index (Phi) is 5.52. The van der Waals surface area contributed by atoms with Crippen LogP contribution in [-0.4, -0.2) is 13.1 Å². The van der Waals surface area contributed by atoms with Crippen LogP contribution in [0.3, 0.4) is 0 Å². The normalized spacial score (nSPS) is 12.4. The third-order valence-electron chi connectivity index (χ3n) is 5.10. The highest BCUT2D eigenvalue weighted by Gasteiger charge is 2.49. The van der Waals surface area contributed by atoms with E-state index in [0.717, 1.165) is 23.1 Å². The SMILES string of the molecule is CC[C@@H](c1ccccc1)C(C(=O)OC)(c1ccccc1)c1ccccc1. The Hall–Kier alpha value is -2.87. The molecule has 1 atom stereocenters. The average molecular weight is 344 g/mol.